The van der Waals surface area contributed by atoms with Gasteiger partial charge in [-0.2, -0.15) is 13.2 Å². The van der Waals surface area contributed by atoms with Crippen LogP contribution >= 0.6 is 0 Å². The number of anilines is 1. The molecule has 0 aliphatic heterocycles. The Labute approximate surface area is 140 Å². The Balaban J connectivity index is 1.75. The standard InChI is InChI=1S/C17H15F3N4O/c18-17(19,20)13-7-11-15(23-13)21-8-22-16(11)24-14-10-4-2-1-3-9(10)5-6-12(14)25/h1-4,7-8,12,14,25H,5-6H2,(H2,21,22,23,24). The highest BCUT2D eigenvalue weighted by Crippen LogP contribution is 2.36. The van der Waals surface area contributed by atoms with Crippen molar-refractivity contribution in [3.63, 3.8) is 0 Å². The zero-order valence-corrected chi connectivity index (χ0v) is 13.0. The van der Waals surface area contributed by atoms with E-state index in [0.717, 1.165) is 23.6 Å². The summed E-state index contributed by atoms with van der Waals surface area (Å²) in [7, 11) is 0. The highest BCUT2D eigenvalue weighted by atomic mass is 19.4. The van der Waals surface area contributed by atoms with Gasteiger partial charge in [0.15, 0.2) is 0 Å². The number of hydrogen-bond acceptors (Lipinski definition) is 4. The third kappa shape index (κ3) is 2.82. The lowest BCUT2D eigenvalue weighted by atomic mass is 9.85. The van der Waals surface area contributed by atoms with E-state index in [1.54, 1.807) is 0 Å². The molecular weight excluding hydrogens is 333 g/mol. The van der Waals surface area contributed by atoms with Crippen molar-refractivity contribution in [1.29, 1.82) is 0 Å². The summed E-state index contributed by atoms with van der Waals surface area (Å²) in [5.74, 6) is 0.262. The molecule has 0 spiro atoms. The van der Waals surface area contributed by atoms with E-state index in [0.29, 0.717) is 6.42 Å². The van der Waals surface area contributed by atoms with E-state index in [4.69, 9.17) is 0 Å². The molecule has 8 heteroatoms. The van der Waals surface area contributed by atoms with E-state index in [1.165, 1.54) is 6.33 Å². The van der Waals surface area contributed by atoms with E-state index in [-0.39, 0.29) is 16.9 Å². The molecule has 2 heterocycles. The van der Waals surface area contributed by atoms with Gasteiger partial charge in [-0.25, -0.2) is 9.97 Å². The van der Waals surface area contributed by atoms with Crippen molar-refractivity contribution in [3.8, 4) is 0 Å². The summed E-state index contributed by atoms with van der Waals surface area (Å²) < 4.78 is 38.8. The van der Waals surface area contributed by atoms with Crippen molar-refractivity contribution in [1.82, 2.24) is 15.0 Å². The first-order valence-electron chi connectivity index (χ1n) is 7.87. The minimum atomic E-state index is -4.49. The number of aliphatic hydroxyl groups excluding tert-OH is 1. The number of nitrogens with zero attached hydrogens (tertiary/aromatic N) is 2. The lowest BCUT2D eigenvalue weighted by molar-refractivity contribution is -0.140. The van der Waals surface area contributed by atoms with Gasteiger partial charge in [0, 0.05) is 0 Å². The quantitative estimate of drug-likeness (QED) is 0.663. The molecule has 25 heavy (non-hydrogen) atoms. The zero-order valence-electron chi connectivity index (χ0n) is 13.0. The number of aryl methyl sites for hydroxylation is 1. The van der Waals surface area contributed by atoms with Crippen molar-refractivity contribution in [2.24, 2.45) is 0 Å². The first kappa shape index (κ1) is 15.9. The molecule has 1 aliphatic carbocycles. The summed E-state index contributed by atoms with van der Waals surface area (Å²) >= 11 is 0. The Morgan fingerprint density at radius 1 is 1.20 bits per heavy atom. The molecule has 2 atom stereocenters. The van der Waals surface area contributed by atoms with Crippen LogP contribution in [0.4, 0.5) is 19.0 Å². The maximum atomic E-state index is 12.9. The first-order chi connectivity index (χ1) is 11.9. The third-order valence-electron chi connectivity index (χ3n) is 4.51. The summed E-state index contributed by atoms with van der Waals surface area (Å²) in [6.45, 7) is 0. The van der Waals surface area contributed by atoms with Gasteiger partial charge in [0.2, 0.25) is 0 Å². The van der Waals surface area contributed by atoms with Crippen molar-refractivity contribution in [3.05, 3.63) is 53.5 Å². The molecule has 1 aliphatic rings. The van der Waals surface area contributed by atoms with Crippen molar-refractivity contribution >= 4 is 16.9 Å². The van der Waals surface area contributed by atoms with E-state index < -0.39 is 24.0 Å². The number of H-pyrrole nitrogens is 1. The summed E-state index contributed by atoms with van der Waals surface area (Å²) in [5.41, 5.74) is 1.26. The van der Waals surface area contributed by atoms with Crippen LogP contribution in [0.25, 0.3) is 11.0 Å². The van der Waals surface area contributed by atoms with Crippen LogP contribution in [0.2, 0.25) is 0 Å². The predicted octanol–water partition coefficient (Wildman–Crippen LogP) is 3.44. The highest BCUT2D eigenvalue weighted by molar-refractivity contribution is 5.88. The number of nitrogens with one attached hydrogen (secondary N) is 2. The van der Waals surface area contributed by atoms with Crippen LogP contribution in [0.3, 0.4) is 0 Å². The minimum Gasteiger partial charge on any atom is -0.391 e. The second-order valence-corrected chi connectivity index (χ2v) is 6.09. The molecule has 3 N–H and O–H groups in total. The van der Waals surface area contributed by atoms with Gasteiger partial charge < -0.3 is 15.4 Å². The molecule has 2 unspecified atom stereocenters. The summed E-state index contributed by atoms with van der Waals surface area (Å²) in [4.78, 5) is 10.2. The lowest BCUT2D eigenvalue weighted by Crippen LogP contribution is -2.31. The molecule has 0 bridgehead atoms. The van der Waals surface area contributed by atoms with Gasteiger partial charge in [0.1, 0.15) is 23.5 Å². The zero-order chi connectivity index (χ0) is 17.6. The van der Waals surface area contributed by atoms with Crippen molar-refractivity contribution < 1.29 is 18.3 Å². The predicted molar refractivity (Wildman–Crippen MR) is 86.0 cm³/mol. The number of benzene rings is 1. The number of hydrogen-bond donors (Lipinski definition) is 3. The molecule has 1 aromatic carbocycles. The number of aliphatic hydroxyl groups is 1. The average molecular weight is 348 g/mol. The van der Waals surface area contributed by atoms with Crippen molar-refractivity contribution in [2.75, 3.05) is 5.32 Å². The number of rotatable bonds is 2. The Bertz CT molecular complexity index is 922. The Morgan fingerprint density at radius 2 is 2.00 bits per heavy atom. The van der Waals surface area contributed by atoms with Gasteiger partial charge in [-0.1, -0.05) is 24.3 Å². The fraction of sp³-hybridized carbons (Fsp3) is 0.294. The van der Waals surface area contributed by atoms with E-state index in [2.05, 4.69) is 20.3 Å². The van der Waals surface area contributed by atoms with E-state index in [9.17, 15) is 18.3 Å². The molecular formula is C17H15F3N4O. The molecule has 3 aromatic rings. The number of aromatic amines is 1. The molecule has 0 amide bonds. The lowest BCUT2D eigenvalue weighted by Gasteiger charge is -2.31. The highest BCUT2D eigenvalue weighted by Gasteiger charge is 2.34. The number of fused-ring (bicyclic) bond motifs is 2. The summed E-state index contributed by atoms with van der Waals surface area (Å²) in [6, 6.07) is 8.25. The van der Waals surface area contributed by atoms with Crippen LogP contribution < -0.4 is 5.32 Å². The Morgan fingerprint density at radius 3 is 2.80 bits per heavy atom. The smallest absolute Gasteiger partial charge is 0.391 e. The van der Waals surface area contributed by atoms with Crippen LogP contribution in [0, 0.1) is 0 Å². The monoisotopic (exact) mass is 348 g/mol. The van der Waals surface area contributed by atoms with Crippen LogP contribution in [0.15, 0.2) is 36.7 Å². The van der Waals surface area contributed by atoms with E-state index >= 15 is 0 Å². The Kier molecular flexibility index (Phi) is 3.64. The molecule has 0 saturated heterocycles. The van der Waals surface area contributed by atoms with Gasteiger partial charge in [-0.3, -0.25) is 0 Å². The normalized spacial score (nSPS) is 20.5. The van der Waals surface area contributed by atoms with Gasteiger partial charge in [-0.15, -0.1) is 0 Å². The van der Waals surface area contributed by atoms with Crippen LogP contribution in [0.5, 0.6) is 0 Å². The number of aromatic nitrogens is 3. The molecule has 2 aromatic heterocycles. The van der Waals surface area contributed by atoms with Gasteiger partial charge in [0.05, 0.1) is 17.5 Å². The average Bonchev–Trinajstić information content (AvgIpc) is 3.03. The summed E-state index contributed by atoms with van der Waals surface area (Å²) in [5, 5.41) is 13.7. The minimum absolute atomic E-state index is 0.100. The topological polar surface area (TPSA) is 73.8 Å². The van der Waals surface area contributed by atoms with Crippen LogP contribution in [-0.4, -0.2) is 26.2 Å². The molecule has 4 rings (SSSR count). The van der Waals surface area contributed by atoms with Gasteiger partial charge in [-0.05, 0) is 30.0 Å². The van der Waals surface area contributed by atoms with Gasteiger partial charge in [0.25, 0.3) is 0 Å². The fourth-order valence-electron chi connectivity index (χ4n) is 3.27. The number of halogens is 3. The first-order valence-corrected chi connectivity index (χ1v) is 7.87. The molecule has 5 nitrogen and oxygen atoms in total. The number of alkyl halides is 3. The fourth-order valence-corrected chi connectivity index (χ4v) is 3.27. The molecule has 0 fully saturated rings. The second kappa shape index (κ2) is 5.73. The third-order valence-corrected chi connectivity index (χ3v) is 4.51. The maximum absolute atomic E-state index is 12.9. The molecule has 130 valence electrons. The van der Waals surface area contributed by atoms with Crippen molar-refractivity contribution in [2.45, 2.75) is 31.2 Å². The Hall–Kier alpha value is -2.61. The van der Waals surface area contributed by atoms with Crippen LogP contribution in [0.1, 0.15) is 29.3 Å². The van der Waals surface area contributed by atoms with Crippen LogP contribution in [-0.2, 0) is 12.6 Å². The SMILES string of the molecule is OC1CCc2ccccc2C1Nc1ncnc2[nH]c(C(F)(F)F)cc12. The van der Waals surface area contributed by atoms with Gasteiger partial charge >= 0.3 is 6.18 Å². The van der Waals surface area contributed by atoms with E-state index in [1.807, 2.05) is 24.3 Å². The second-order valence-electron chi connectivity index (χ2n) is 6.09. The largest absolute Gasteiger partial charge is 0.431 e. The molecule has 0 saturated carbocycles. The summed E-state index contributed by atoms with van der Waals surface area (Å²) in [6.07, 6.45) is -2.61. The maximum Gasteiger partial charge on any atom is 0.431 e. The molecule has 0 radical (unpaired) electrons.